The summed E-state index contributed by atoms with van der Waals surface area (Å²) in [5.74, 6) is -0.945. The van der Waals surface area contributed by atoms with Crippen molar-refractivity contribution in [3.63, 3.8) is 0 Å². The van der Waals surface area contributed by atoms with Crippen LogP contribution in [0.5, 0.6) is 0 Å². The summed E-state index contributed by atoms with van der Waals surface area (Å²) in [6.45, 7) is 1.43. The normalized spacial score (nSPS) is 19.9. The first-order chi connectivity index (χ1) is 8.22. The molecule has 2 N–H and O–H groups in total. The summed E-state index contributed by atoms with van der Waals surface area (Å²) in [5.41, 5.74) is 5.48. The van der Waals surface area contributed by atoms with E-state index in [2.05, 4.69) is 4.98 Å². The summed E-state index contributed by atoms with van der Waals surface area (Å²) in [5, 5.41) is 0. The van der Waals surface area contributed by atoms with Crippen LogP contribution in [-0.2, 0) is 0 Å². The molecule has 0 radical (unpaired) electrons. The molecule has 0 saturated carbocycles. The first-order valence-corrected chi connectivity index (χ1v) is 6.00. The van der Waals surface area contributed by atoms with E-state index in [0.717, 1.165) is 44.5 Å². The van der Waals surface area contributed by atoms with Gasteiger partial charge < -0.3 is 10.6 Å². The van der Waals surface area contributed by atoms with Crippen molar-refractivity contribution in [1.82, 2.24) is 4.98 Å². The molecule has 1 unspecified atom stereocenters. The zero-order chi connectivity index (χ0) is 12.3. The van der Waals surface area contributed by atoms with Gasteiger partial charge in [-0.25, -0.2) is 13.8 Å². The molecular weight excluding hydrogens is 224 g/mol. The van der Waals surface area contributed by atoms with Gasteiger partial charge in [-0.1, -0.05) is 0 Å². The van der Waals surface area contributed by atoms with Gasteiger partial charge in [-0.15, -0.1) is 0 Å². The Hall–Kier alpha value is -1.23. The van der Waals surface area contributed by atoms with Gasteiger partial charge in [0.2, 0.25) is 0 Å². The van der Waals surface area contributed by atoms with Crippen LogP contribution in [0.4, 0.5) is 14.6 Å². The summed E-state index contributed by atoms with van der Waals surface area (Å²) in [7, 11) is 0. The van der Waals surface area contributed by atoms with Crippen LogP contribution in [-0.4, -0.2) is 24.1 Å². The van der Waals surface area contributed by atoms with Crippen LogP contribution < -0.4 is 10.6 Å². The van der Waals surface area contributed by atoms with E-state index < -0.39 is 11.6 Å². The largest absolute Gasteiger partial charge is 0.351 e. The molecule has 0 spiro atoms. The summed E-state index contributed by atoms with van der Waals surface area (Å²) in [6.07, 6.45) is 4.97. The van der Waals surface area contributed by atoms with E-state index in [1.54, 1.807) is 0 Å². The van der Waals surface area contributed by atoms with E-state index in [4.69, 9.17) is 5.73 Å². The van der Waals surface area contributed by atoms with Gasteiger partial charge in [-0.2, -0.15) is 0 Å². The maximum absolute atomic E-state index is 13.6. The molecule has 1 fully saturated rings. The van der Waals surface area contributed by atoms with Gasteiger partial charge in [0.25, 0.3) is 0 Å². The third kappa shape index (κ3) is 2.72. The molecular formula is C12H17F2N3. The Morgan fingerprint density at radius 2 is 2.29 bits per heavy atom. The number of rotatable bonds is 4. The second kappa shape index (κ2) is 5.40. The minimum atomic E-state index is -0.635. The molecule has 1 aliphatic heterocycles. The number of pyridine rings is 1. The maximum atomic E-state index is 13.6. The van der Waals surface area contributed by atoms with E-state index in [0.29, 0.717) is 6.54 Å². The molecule has 1 aromatic heterocycles. The van der Waals surface area contributed by atoms with Gasteiger partial charge in [0.05, 0.1) is 6.20 Å². The summed E-state index contributed by atoms with van der Waals surface area (Å²) >= 11 is 0. The fourth-order valence-electron chi connectivity index (χ4n) is 2.39. The lowest BCUT2D eigenvalue weighted by atomic mass is 10.1. The highest BCUT2D eigenvalue weighted by atomic mass is 19.1. The van der Waals surface area contributed by atoms with Crippen LogP contribution in [0.2, 0.25) is 0 Å². The molecule has 1 aromatic rings. The highest BCUT2D eigenvalue weighted by Crippen LogP contribution is 2.28. The molecule has 0 amide bonds. The maximum Gasteiger partial charge on any atom is 0.168 e. The van der Waals surface area contributed by atoms with Crippen molar-refractivity contribution in [1.29, 1.82) is 0 Å². The predicted octanol–water partition coefficient (Wildman–Crippen LogP) is 2.07. The third-order valence-electron chi connectivity index (χ3n) is 3.18. The topological polar surface area (TPSA) is 42.1 Å². The van der Waals surface area contributed by atoms with Gasteiger partial charge in [-0.3, -0.25) is 0 Å². The van der Waals surface area contributed by atoms with Crippen LogP contribution in [0.15, 0.2) is 12.3 Å². The number of aromatic nitrogens is 1. The van der Waals surface area contributed by atoms with Gasteiger partial charge in [0.15, 0.2) is 11.6 Å². The Balaban J connectivity index is 2.14. The second-order valence-electron chi connectivity index (χ2n) is 4.38. The van der Waals surface area contributed by atoms with Crippen molar-refractivity contribution in [2.24, 2.45) is 5.73 Å². The SMILES string of the molecule is NCCCC1CCCN1c1ncc(F)cc1F. The number of hydrogen-bond donors (Lipinski definition) is 1. The summed E-state index contributed by atoms with van der Waals surface area (Å²) in [6, 6.07) is 1.17. The first kappa shape index (κ1) is 12.2. The van der Waals surface area contributed by atoms with Gasteiger partial charge in [0, 0.05) is 18.7 Å². The van der Waals surface area contributed by atoms with Crippen LogP contribution >= 0.6 is 0 Å². The van der Waals surface area contributed by atoms with Crippen molar-refractivity contribution in [3.05, 3.63) is 23.9 Å². The minimum absolute atomic E-state index is 0.269. The van der Waals surface area contributed by atoms with Crippen molar-refractivity contribution in [2.45, 2.75) is 31.7 Å². The minimum Gasteiger partial charge on any atom is -0.351 e. The zero-order valence-electron chi connectivity index (χ0n) is 9.70. The molecule has 1 saturated heterocycles. The Morgan fingerprint density at radius 1 is 1.47 bits per heavy atom. The number of anilines is 1. The third-order valence-corrected chi connectivity index (χ3v) is 3.18. The predicted molar refractivity (Wildman–Crippen MR) is 62.8 cm³/mol. The fourth-order valence-corrected chi connectivity index (χ4v) is 2.39. The first-order valence-electron chi connectivity index (χ1n) is 6.00. The lowest BCUT2D eigenvalue weighted by molar-refractivity contribution is 0.545. The van der Waals surface area contributed by atoms with Crippen molar-refractivity contribution >= 4 is 5.82 Å². The smallest absolute Gasteiger partial charge is 0.168 e. The number of nitrogens with two attached hydrogens (primary N) is 1. The molecule has 3 nitrogen and oxygen atoms in total. The average molecular weight is 241 g/mol. The van der Waals surface area contributed by atoms with Crippen LogP contribution in [0.1, 0.15) is 25.7 Å². The van der Waals surface area contributed by atoms with Crippen molar-refractivity contribution in [3.8, 4) is 0 Å². The zero-order valence-corrected chi connectivity index (χ0v) is 9.70. The molecule has 0 bridgehead atoms. The van der Waals surface area contributed by atoms with Gasteiger partial charge in [0.1, 0.15) is 5.82 Å². The highest BCUT2D eigenvalue weighted by molar-refractivity contribution is 5.42. The molecule has 0 aromatic carbocycles. The van der Waals surface area contributed by atoms with Crippen LogP contribution in [0.25, 0.3) is 0 Å². The summed E-state index contributed by atoms with van der Waals surface area (Å²) < 4.78 is 26.4. The Labute approximate surface area is 99.6 Å². The molecule has 5 heteroatoms. The summed E-state index contributed by atoms with van der Waals surface area (Å²) in [4.78, 5) is 5.80. The monoisotopic (exact) mass is 241 g/mol. The van der Waals surface area contributed by atoms with E-state index in [1.165, 1.54) is 0 Å². The molecule has 1 atom stereocenters. The lowest BCUT2D eigenvalue weighted by Gasteiger charge is -2.25. The van der Waals surface area contributed by atoms with Crippen molar-refractivity contribution in [2.75, 3.05) is 18.0 Å². The Bertz CT molecular complexity index is 384. The van der Waals surface area contributed by atoms with E-state index in [9.17, 15) is 8.78 Å². The van der Waals surface area contributed by atoms with Crippen molar-refractivity contribution < 1.29 is 8.78 Å². The van der Waals surface area contributed by atoms with Gasteiger partial charge >= 0.3 is 0 Å². The Kier molecular flexibility index (Phi) is 3.89. The second-order valence-corrected chi connectivity index (χ2v) is 4.38. The van der Waals surface area contributed by atoms with E-state index in [-0.39, 0.29) is 11.9 Å². The lowest BCUT2D eigenvalue weighted by Crippen LogP contribution is -2.31. The molecule has 2 heterocycles. The van der Waals surface area contributed by atoms with E-state index >= 15 is 0 Å². The molecule has 0 aliphatic carbocycles. The van der Waals surface area contributed by atoms with Gasteiger partial charge in [-0.05, 0) is 32.2 Å². The molecule has 2 rings (SSSR count). The fraction of sp³-hybridized carbons (Fsp3) is 0.583. The van der Waals surface area contributed by atoms with Crippen LogP contribution in [0.3, 0.4) is 0 Å². The average Bonchev–Trinajstić information content (AvgIpc) is 2.74. The van der Waals surface area contributed by atoms with E-state index in [1.807, 2.05) is 4.90 Å². The number of hydrogen-bond acceptors (Lipinski definition) is 3. The van der Waals surface area contributed by atoms with Crippen LogP contribution in [0, 0.1) is 11.6 Å². The molecule has 1 aliphatic rings. The Morgan fingerprint density at radius 3 is 3.00 bits per heavy atom. The number of nitrogens with zero attached hydrogens (tertiary/aromatic N) is 2. The number of halogens is 2. The molecule has 17 heavy (non-hydrogen) atoms. The quantitative estimate of drug-likeness (QED) is 0.877. The molecule has 94 valence electrons. The standard InChI is InChI=1S/C12H17F2N3/c13-9-7-11(14)12(16-8-9)17-6-2-4-10(17)3-1-5-15/h7-8,10H,1-6,15H2. The highest BCUT2D eigenvalue weighted by Gasteiger charge is 2.27.